The third kappa shape index (κ3) is 3.37. The van der Waals surface area contributed by atoms with Gasteiger partial charge in [-0.1, -0.05) is 12.2 Å². The summed E-state index contributed by atoms with van der Waals surface area (Å²) in [6.07, 6.45) is 4.49. The number of nitrogens with two attached hydrogens (primary N) is 1. The molecular weight excluding hydrogens is 328 g/mol. The maximum Gasteiger partial charge on any atom is 0.319 e. The number of carboxylic acids is 1. The lowest BCUT2D eigenvalue weighted by Crippen LogP contribution is -2.46. The van der Waals surface area contributed by atoms with E-state index in [1.165, 1.54) is 6.07 Å². The highest BCUT2D eigenvalue weighted by Crippen LogP contribution is 2.33. The van der Waals surface area contributed by atoms with Crippen molar-refractivity contribution in [1.29, 1.82) is 0 Å². The van der Waals surface area contributed by atoms with Crippen molar-refractivity contribution in [1.82, 2.24) is 5.32 Å². The van der Waals surface area contributed by atoms with Gasteiger partial charge in [0, 0.05) is 4.88 Å². The zero-order valence-corrected chi connectivity index (χ0v) is 13.2. The average molecular weight is 344 g/mol. The molecule has 0 spiro atoms. The van der Waals surface area contributed by atoms with Crippen LogP contribution in [0.3, 0.4) is 0 Å². The molecule has 22 heavy (non-hydrogen) atoms. The first-order valence-electron chi connectivity index (χ1n) is 6.54. The maximum absolute atomic E-state index is 12.3. The van der Waals surface area contributed by atoms with Gasteiger partial charge in [0.2, 0.25) is 15.9 Å². The van der Waals surface area contributed by atoms with Gasteiger partial charge in [-0.05, 0) is 31.4 Å². The van der Waals surface area contributed by atoms with E-state index in [1.807, 2.05) is 6.08 Å². The number of hydrogen-bond acceptors (Lipinski definition) is 5. The van der Waals surface area contributed by atoms with Gasteiger partial charge in [0.1, 0.15) is 9.62 Å². The van der Waals surface area contributed by atoms with Crippen LogP contribution in [-0.4, -0.2) is 25.4 Å². The quantitative estimate of drug-likeness (QED) is 0.538. The zero-order chi connectivity index (χ0) is 16.4. The predicted octanol–water partition coefficient (Wildman–Crippen LogP) is 0.823. The minimum Gasteiger partial charge on any atom is -0.480 e. The third-order valence-electron chi connectivity index (χ3n) is 3.56. The van der Waals surface area contributed by atoms with E-state index in [1.54, 1.807) is 12.1 Å². The Kier molecular flexibility index (Phi) is 4.69. The van der Waals surface area contributed by atoms with Crippen molar-refractivity contribution in [2.45, 2.75) is 30.0 Å². The van der Waals surface area contributed by atoms with Crippen LogP contribution in [-0.2, 0) is 26.2 Å². The van der Waals surface area contributed by atoms with Crippen LogP contribution >= 0.6 is 11.3 Å². The van der Waals surface area contributed by atoms with Crippen molar-refractivity contribution in [3.63, 3.8) is 0 Å². The number of carbonyl (C=O) groups excluding carboxylic acids is 1. The lowest BCUT2D eigenvalue weighted by molar-refractivity contribution is -0.156. The molecule has 1 aromatic heterocycles. The van der Waals surface area contributed by atoms with Gasteiger partial charge in [-0.3, -0.25) is 9.59 Å². The number of nitrogens with one attached hydrogen (secondary N) is 1. The van der Waals surface area contributed by atoms with Crippen LogP contribution < -0.4 is 10.5 Å². The van der Waals surface area contributed by atoms with Crippen molar-refractivity contribution in [2.24, 2.45) is 10.6 Å². The smallest absolute Gasteiger partial charge is 0.319 e. The number of aliphatic carboxylic acids is 1. The minimum atomic E-state index is -3.76. The largest absolute Gasteiger partial charge is 0.480 e. The molecule has 1 aliphatic carbocycles. The summed E-state index contributed by atoms with van der Waals surface area (Å²) in [5, 5.41) is 17.0. The number of rotatable bonds is 5. The monoisotopic (exact) mass is 344 g/mol. The summed E-state index contributed by atoms with van der Waals surface area (Å²) in [5.74, 6) is -1.71. The third-order valence-corrected chi connectivity index (χ3v) is 6.08. The first-order chi connectivity index (χ1) is 10.3. The minimum absolute atomic E-state index is 0.00490. The molecule has 1 aliphatic rings. The molecule has 1 unspecified atom stereocenters. The lowest BCUT2D eigenvalue weighted by atomic mass is 9.76. The van der Waals surface area contributed by atoms with Gasteiger partial charge in [-0.2, -0.15) is 0 Å². The molecule has 1 aromatic rings. The van der Waals surface area contributed by atoms with E-state index in [9.17, 15) is 23.1 Å². The molecule has 0 aromatic carbocycles. The molecule has 120 valence electrons. The van der Waals surface area contributed by atoms with Crippen LogP contribution in [0.4, 0.5) is 0 Å². The Hall–Kier alpha value is -1.71. The molecule has 0 aliphatic heterocycles. The van der Waals surface area contributed by atoms with E-state index < -0.39 is 27.3 Å². The van der Waals surface area contributed by atoms with E-state index in [-0.39, 0.29) is 23.6 Å². The Labute approximate surface area is 131 Å². The number of primary sulfonamides is 1. The Balaban J connectivity index is 2.07. The standard InChI is InChI=1S/C13H16N2O5S2/c14-22(19,20)10-5-4-9(21-10)8-15-11(16)13(12(17)18)6-2-1-3-7-13/h1-2,4-5H,3,6-8H2,(H,15,16)(H,17,18)(H2,14,19,20). The second-order valence-electron chi connectivity index (χ2n) is 5.05. The van der Waals surface area contributed by atoms with Crippen molar-refractivity contribution in [3.05, 3.63) is 29.2 Å². The van der Waals surface area contributed by atoms with Crippen molar-refractivity contribution in [3.8, 4) is 0 Å². The topological polar surface area (TPSA) is 127 Å². The Morgan fingerprint density at radius 2 is 2.09 bits per heavy atom. The zero-order valence-electron chi connectivity index (χ0n) is 11.6. The number of amides is 1. The van der Waals surface area contributed by atoms with Gasteiger partial charge in [-0.25, -0.2) is 13.6 Å². The number of carboxylic acid groups (broad SMARTS) is 1. The van der Waals surface area contributed by atoms with Crippen LogP contribution in [0.15, 0.2) is 28.5 Å². The first-order valence-corrected chi connectivity index (χ1v) is 8.90. The predicted molar refractivity (Wildman–Crippen MR) is 80.6 cm³/mol. The maximum atomic E-state index is 12.3. The number of carbonyl (C=O) groups is 2. The molecular formula is C13H16N2O5S2. The summed E-state index contributed by atoms with van der Waals surface area (Å²) < 4.78 is 22.4. The van der Waals surface area contributed by atoms with E-state index in [2.05, 4.69) is 5.32 Å². The van der Waals surface area contributed by atoms with Gasteiger partial charge in [-0.15, -0.1) is 11.3 Å². The summed E-state index contributed by atoms with van der Waals surface area (Å²) >= 11 is 0.947. The summed E-state index contributed by atoms with van der Waals surface area (Å²) in [6, 6.07) is 2.90. The SMILES string of the molecule is NS(=O)(=O)c1ccc(CNC(=O)C2(C(=O)O)CC=CCC2)s1. The molecule has 2 rings (SSSR count). The van der Waals surface area contributed by atoms with Gasteiger partial charge in [0.15, 0.2) is 0 Å². The number of sulfonamides is 1. The molecule has 1 atom stereocenters. The van der Waals surface area contributed by atoms with Crippen LogP contribution in [0.2, 0.25) is 0 Å². The van der Waals surface area contributed by atoms with E-state index in [0.29, 0.717) is 11.3 Å². The molecule has 0 saturated carbocycles. The summed E-state index contributed by atoms with van der Waals surface area (Å²) in [6.45, 7) is 0.0672. The molecule has 1 heterocycles. The molecule has 7 nitrogen and oxygen atoms in total. The fourth-order valence-corrected chi connectivity index (χ4v) is 3.99. The second kappa shape index (κ2) is 6.19. The highest BCUT2D eigenvalue weighted by Gasteiger charge is 2.45. The second-order valence-corrected chi connectivity index (χ2v) is 8.01. The van der Waals surface area contributed by atoms with Crippen LogP contribution in [0.5, 0.6) is 0 Å². The average Bonchev–Trinajstić information content (AvgIpc) is 2.94. The molecule has 0 saturated heterocycles. The van der Waals surface area contributed by atoms with Crippen molar-refractivity contribution < 1.29 is 23.1 Å². The summed E-state index contributed by atoms with van der Waals surface area (Å²) in [4.78, 5) is 24.3. The van der Waals surface area contributed by atoms with Gasteiger partial charge in [0.25, 0.3) is 0 Å². The number of thiophene rings is 1. The Bertz CT molecular complexity index is 723. The van der Waals surface area contributed by atoms with Gasteiger partial charge < -0.3 is 10.4 Å². The van der Waals surface area contributed by atoms with Crippen LogP contribution in [0.25, 0.3) is 0 Å². The Morgan fingerprint density at radius 1 is 1.36 bits per heavy atom. The molecule has 1 amide bonds. The summed E-state index contributed by atoms with van der Waals surface area (Å²) in [7, 11) is -3.76. The molecule has 0 bridgehead atoms. The fraction of sp³-hybridized carbons (Fsp3) is 0.385. The fourth-order valence-electron chi connectivity index (χ4n) is 2.27. The highest BCUT2D eigenvalue weighted by molar-refractivity contribution is 7.91. The molecule has 0 radical (unpaired) electrons. The highest BCUT2D eigenvalue weighted by atomic mass is 32.2. The van der Waals surface area contributed by atoms with Gasteiger partial charge >= 0.3 is 5.97 Å². The molecule has 4 N–H and O–H groups in total. The number of allylic oxidation sites excluding steroid dienone is 2. The Morgan fingerprint density at radius 3 is 2.59 bits per heavy atom. The number of hydrogen-bond donors (Lipinski definition) is 3. The van der Waals surface area contributed by atoms with E-state index in [4.69, 9.17) is 5.14 Å². The van der Waals surface area contributed by atoms with E-state index in [0.717, 1.165) is 11.3 Å². The van der Waals surface area contributed by atoms with Crippen molar-refractivity contribution in [2.75, 3.05) is 0 Å². The van der Waals surface area contributed by atoms with Crippen molar-refractivity contribution >= 4 is 33.2 Å². The summed E-state index contributed by atoms with van der Waals surface area (Å²) in [5.41, 5.74) is -1.45. The molecule has 0 fully saturated rings. The van der Waals surface area contributed by atoms with Crippen LogP contribution in [0.1, 0.15) is 24.1 Å². The first kappa shape index (κ1) is 16.7. The normalized spacial score (nSPS) is 21.5. The lowest BCUT2D eigenvalue weighted by Gasteiger charge is -2.28. The van der Waals surface area contributed by atoms with Crippen LogP contribution in [0, 0.1) is 5.41 Å². The van der Waals surface area contributed by atoms with E-state index >= 15 is 0 Å². The molecule has 9 heteroatoms. The van der Waals surface area contributed by atoms with Gasteiger partial charge in [0.05, 0.1) is 6.54 Å².